The van der Waals surface area contributed by atoms with Gasteiger partial charge in [0.1, 0.15) is 12.1 Å². The molecular formula is C23H36N4O4S. The molecule has 0 spiro atoms. The predicted octanol–water partition coefficient (Wildman–Crippen LogP) is 1.33. The van der Waals surface area contributed by atoms with E-state index >= 15 is 0 Å². The Morgan fingerprint density at radius 1 is 0.938 bits per heavy atom. The van der Waals surface area contributed by atoms with Crippen LogP contribution in [0.5, 0.6) is 0 Å². The van der Waals surface area contributed by atoms with Crippen molar-refractivity contribution < 1.29 is 19.2 Å². The zero-order valence-electron chi connectivity index (χ0n) is 19.1. The normalized spacial score (nSPS) is 13.7. The molecule has 0 aliphatic heterocycles. The van der Waals surface area contributed by atoms with Crippen LogP contribution >= 0.6 is 12.6 Å². The van der Waals surface area contributed by atoms with E-state index in [4.69, 9.17) is 5.73 Å². The number of nitrogens with one attached hydrogen (secondary N) is 3. The van der Waals surface area contributed by atoms with Gasteiger partial charge in [-0.2, -0.15) is 12.6 Å². The molecule has 8 nitrogen and oxygen atoms in total. The van der Waals surface area contributed by atoms with E-state index in [1.54, 1.807) is 0 Å². The fourth-order valence-corrected chi connectivity index (χ4v) is 3.50. The molecule has 0 radical (unpaired) electrons. The van der Waals surface area contributed by atoms with Gasteiger partial charge in [0.15, 0.2) is 0 Å². The first-order valence-corrected chi connectivity index (χ1v) is 11.5. The summed E-state index contributed by atoms with van der Waals surface area (Å²) in [4.78, 5) is 48.8. The number of hydrogen-bond donors (Lipinski definition) is 5. The van der Waals surface area contributed by atoms with Crippen LogP contribution in [0.3, 0.4) is 0 Å². The van der Waals surface area contributed by atoms with Gasteiger partial charge in [0, 0.05) is 19.9 Å². The lowest BCUT2D eigenvalue weighted by atomic mass is 10.0. The van der Waals surface area contributed by atoms with E-state index in [2.05, 4.69) is 28.6 Å². The molecule has 9 heteroatoms. The molecule has 0 saturated carbocycles. The molecule has 0 fully saturated rings. The minimum Gasteiger partial charge on any atom is -0.370 e. The second-order valence-electron chi connectivity index (χ2n) is 8.28. The highest BCUT2D eigenvalue weighted by molar-refractivity contribution is 7.81. The fourth-order valence-electron chi connectivity index (χ4n) is 3.24. The summed E-state index contributed by atoms with van der Waals surface area (Å²) in [7, 11) is 1.52. The van der Waals surface area contributed by atoms with Crippen molar-refractivity contribution in [3.05, 3.63) is 35.9 Å². The van der Waals surface area contributed by atoms with Crippen LogP contribution in [0.1, 0.15) is 51.5 Å². The van der Waals surface area contributed by atoms with Crippen LogP contribution in [0.25, 0.3) is 0 Å². The Labute approximate surface area is 195 Å². The van der Waals surface area contributed by atoms with Gasteiger partial charge in [-0.25, -0.2) is 0 Å². The molecule has 1 aromatic carbocycles. The van der Waals surface area contributed by atoms with Crippen LogP contribution in [0.2, 0.25) is 0 Å². The Balaban J connectivity index is 2.78. The Bertz CT molecular complexity index is 758. The SMILES string of the molecule is CNC(=O)[C@H](Cc1ccccc1)NC(=O)C(CC(C)C)NC(=O)C(S)CCCCC(N)=O. The number of unbranched alkanes of at least 4 members (excludes halogenated alkanes) is 1. The highest BCUT2D eigenvalue weighted by Crippen LogP contribution is 2.12. The number of likely N-dealkylation sites (N-methyl/N-ethyl adjacent to an activating group) is 1. The van der Waals surface area contributed by atoms with Crippen molar-refractivity contribution in [2.24, 2.45) is 11.7 Å². The van der Waals surface area contributed by atoms with Crippen LogP contribution in [-0.4, -0.2) is 48.0 Å². The molecule has 4 amide bonds. The smallest absolute Gasteiger partial charge is 0.243 e. The average molecular weight is 465 g/mol. The minimum atomic E-state index is -0.786. The molecule has 0 aliphatic rings. The molecule has 0 aliphatic carbocycles. The monoisotopic (exact) mass is 464 g/mol. The third-order valence-corrected chi connectivity index (χ3v) is 5.45. The van der Waals surface area contributed by atoms with Crippen molar-refractivity contribution in [1.29, 1.82) is 0 Å². The van der Waals surface area contributed by atoms with Crippen LogP contribution < -0.4 is 21.7 Å². The second-order valence-corrected chi connectivity index (χ2v) is 8.91. The number of nitrogens with two attached hydrogens (primary N) is 1. The number of thiol groups is 1. The number of rotatable bonds is 14. The Morgan fingerprint density at radius 3 is 2.12 bits per heavy atom. The first-order valence-electron chi connectivity index (χ1n) is 11.0. The van der Waals surface area contributed by atoms with E-state index in [0.717, 1.165) is 5.56 Å². The highest BCUT2D eigenvalue weighted by Gasteiger charge is 2.28. The van der Waals surface area contributed by atoms with Crippen LogP contribution in [0.4, 0.5) is 0 Å². The quantitative estimate of drug-likeness (QED) is 0.210. The highest BCUT2D eigenvalue weighted by atomic mass is 32.1. The third kappa shape index (κ3) is 10.7. The van der Waals surface area contributed by atoms with E-state index in [1.807, 2.05) is 44.2 Å². The van der Waals surface area contributed by atoms with Crippen LogP contribution in [0.15, 0.2) is 30.3 Å². The summed E-state index contributed by atoms with van der Waals surface area (Å²) in [6, 6.07) is 7.85. The zero-order chi connectivity index (χ0) is 24.1. The predicted molar refractivity (Wildman–Crippen MR) is 128 cm³/mol. The maximum Gasteiger partial charge on any atom is 0.243 e. The lowest BCUT2D eigenvalue weighted by Crippen LogP contribution is -2.55. The Morgan fingerprint density at radius 2 is 1.56 bits per heavy atom. The fraction of sp³-hybridized carbons (Fsp3) is 0.565. The topological polar surface area (TPSA) is 130 Å². The van der Waals surface area contributed by atoms with E-state index < -0.39 is 23.2 Å². The number of carbonyl (C=O) groups is 4. The van der Waals surface area contributed by atoms with Crippen LogP contribution in [0, 0.1) is 5.92 Å². The van der Waals surface area contributed by atoms with E-state index in [9.17, 15) is 19.2 Å². The van der Waals surface area contributed by atoms with Gasteiger partial charge < -0.3 is 21.7 Å². The van der Waals surface area contributed by atoms with E-state index in [-0.39, 0.29) is 30.1 Å². The van der Waals surface area contributed by atoms with Gasteiger partial charge in [-0.05, 0) is 30.7 Å². The Kier molecular flexibility index (Phi) is 12.5. The largest absolute Gasteiger partial charge is 0.370 e. The molecule has 3 atom stereocenters. The maximum atomic E-state index is 13.0. The van der Waals surface area contributed by atoms with Gasteiger partial charge in [0.25, 0.3) is 0 Å². The molecule has 2 unspecified atom stereocenters. The van der Waals surface area contributed by atoms with E-state index in [0.29, 0.717) is 32.1 Å². The number of amides is 4. The van der Waals surface area contributed by atoms with E-state index in [1.165, 1.54) is 7.05 Å². The number of carbonyl (C=O) groups excluding carboxylic acids is 4. The summed E-state index contributed by atoms with van der Waals surface area (Å²) in [5, 5.41) is 7.53. The third-order valence-electron chi connectivity index (χ3n) is 4.96. The lowest BCUT2D eigenvalue weighted by Gasteiger charge is -2.25. The molecule has 1 rings (SSSR count). The molecule has 0 aromatic heterocycles. The first-order chi connectivity index (χ1) is 15.1. The molecule has 178 valence electrons. The Hall–Kier alpha value is -2.55. The van der Waals surface area contributed by atoms with Gasteiger partial charge in [-0.3, -0.25) is 19.2 Å². The van der Waals surface area contributed by atoms with Gasteiger partial charge in [0.2, 0.25) is 23.6 Å². The van der Waals surface area contributed by atoms with Crippen LogP contribution in [-0.2, 0) is 25.6 Å². The number of benzene rings is 1. The summed E-state index contributed by atoms with van der Waals surface area (Å²) in [6.45, 7) is 3.91. The number of primary amides is 1. The molecule has 0 heterocycles. The average Bonchev–Trinajstić information content (AvgIpc) is 2.75. The standard InChI is InChI=1S/C23H36N4O4S/c1-15(2)13-17(27-23(31)19(32)11-7-8-12-20(24)28)22(30)26-18(21(29)25-3)14-16-9-5-4-6-10-16/h4-6,9-10,15,17-19,32H,7-8,11-14H2,1-3H3,(H2,24,28)(H,25,29)(H,26,30)(H,27,31)/t17?,18-,19?/m0/s1. The number of hydrogen-bond acceptors (Lipinski definition) is 5. The van der Waals surface area contributed by atoms with Crippen molar-refractivity contribution in [3.63, 3.8) is 0 Å². The molecule has 5 N–H and O–H groups in total. The summed E-state index contributed by atoms with van der Waals surface area (Å²) in [6.07, 6.45) is 2.70. The first kappa shape index (κ1) is 27.5. The van der Waals surface area contributed by atoms with Gasteiger partial charge in [-0.15, -0.1) is 0 Å². The minimum absolute atomic E-state index is 0.146. The molecular weight excluding hydrogens is 428 g/mol. The summed E-state index contributed by atoms with van der Waals surface area (Å²) < 4.78 is 0. The molecule has 1 aromatic rings. The molecule has 0 bridgehead atoms. The van der Waals surface area contributed by atoms with Gasteiger partial charge >= 0.3 is 0 Å². The van der Waals surface area contributed by atoms with Crippen molar-refractivity contribution in [1.82, 2.24) is 16.0 Å². The zero-order valence-corrected chi connectivity index (χ0v) is 20.0. The molecule has 0 saturated heterocycles. The van der Waals surface area contributed by atoms with Gasteiger partial charge in [-0.1, -0.05) is 50.6 Å². The lowest BCUT2D eigenvalue weighted by molar-refractivity contribution is -0.132. The summed E-state index contributed by atoms with van der Waals surface area (Å²) in [5.74, 6) is -1.30. The van der Waals surface area contributed by atoms with Crippen molar-refractivity contribution in [2.45, 2.75) is 69.7 Å². The molecule has 32 heavy (non-hydrogen) atoms. The maximum absolute atomic E-state index is 13.0. The summed E-state index contributed by atoms with van der Waals surface area (Å²) in [5.41, 5.74) is 6.04. The summed E-state index contributed by atoms with van der Waals surface area (Å²) >= 11 is 4.34. The van der Waals surface area contributed by atoms with Crippen molar-refractivity contribution >= 4 is 36.3 Å². The van der Waals surface area contributed by atoms with Crippen molar-refractivity contribution in [2.75, 3.05) is 7.05 Å². The van der Waals surface area contributed by atoms with Gasteiger partial charge in [0.05, 0.1) is 5.25 Å². The second kappa shape index (κ2) is 14.5. The van der Waals surface area contributed by atoms with Crippen molar-refractivity contribution in [3.8, 4) is 0 Å².